The van der Waals surface area contributed by atoms with Crippen molar-refractivity contribution in [2.75, 3.05) is 19.8 Å². The van der Waals surface area contributed by atoms with Gasteiger partial charge < -0.3 is 25.2 Å². The second kappa shape index (κ2) is 36.9. The van der Waals surface area contributed by atoms with Gasteiger partial charge in [0.1, 0.15) is 12.7 Å². The van der Waals surface area contributed by atoms with Gasteiger partial charge in [-0.25, -0.2) is 9.36 Å². The molecule has 0 saturated carbocycles. The third-order valence-corrected chi connectivity index (χ3v) is 9.94. The van der Waals surface area contributed by atoms with E-state index < -0.39 is 57.6 Å². The number of phosphoric ester groups is 1. The molecule has 310 valence electrons. The Balaban J connectivity index is 3.88. The fraction of sp³-hybridized carbons (Fsp3) is 0.829. The SMILES string of the molecule is CCCCC/C=C\C/C=C\CCCCCCCCCCCCCC(=O)NC(COP(=O)(O)OCC(O)COC(=O)CCCCCCCCCC)C(=O)O. The van der Waals surface area contributed by atoms with E-state index in [0.717, 1.165) is 44.9 Å². The number of phosphoric acid groups is 1. The van der Waals surface area contributed by atoms with E-state index in [-0.39, 0.29) is 12.8 Å². The molecule has 0 aliphatic carbocycles. The largest absolute Gasteiger partial charge is 0.480 e. The highest BCUT2D eigenvalue weighted by molar-refractivity contribution is 7.47. The highest BCUT2D eigenvalue weighted by atomic mass is 31.2. The summed E-state index contributed by atoms with van der Waals surface area (Å²) in [5, 5.41) is 21.7. The van der Waals surface area contributed by atoms with Crippen molar-refractivity contribution in [3.05, 3.63) is 24.3 Å². The van der Waals surface area contributed by atoms with Gasteiger partial charge in [-0.3, -0.25) is 18.6 Å². The lowest BCUT2D eigenvalue weighted by atomic mass is 10.0. The summed E-state index contributed by atoms with van der Waals surface area (Å²) in [7, 11) is -4.75. The summed E-state index contributed by atoms with van der Waals surface area (Å²) in [6.45, 7) is 2.52. The molecule has 0 aliphatic rings. The van der Waals surface area contributed by atoms with Gasteiger partial charge in [0.2, 0.25) is 5.91 Å². The minimum Gasteiger partial charge on any atom is -0.480 e. The van der Waals surface area contributed by atoms with Crippen LogP contribution in [-0.2, 0) is 32.7 Å². The number of rotatable bonds is 39. The molecule has 1 amide bonds. The molecule has 0 fully saturated rings. The molecule has 0 spiro atoms. The number of aliphatic hydroxyl groups is 1. The number of unbranched alkanes of at least 4 members (excludes halogenated alkanes) is 21. The number of hydrogen-bond donors (Lipinski definition) is 4. The van der Waals surface area contributed by atoms with Gasteiger partial charge in [0.25, 0.3) is 0 Å². The van der Waals surface area contributed by atoms with Crippen LogP contribution in [0.15, 0.2) is 24.3 Å². The number of ether oxygens (including phenoxy) is 1. The van der Waals surface area contributed by atoms with Crippen LogP contribution in [0, 0.1) is 0 Å². The summed E-state index contributed by atoms with van der Waals surface area (Å²) in [6.07, 6.45) is 36.5. The number of aliphatic hydroxyl groups excluding tert-OH is 1. The van der Waals surface area contributed by atoms with Crippen molar-refractivity contribution in [3.63, 3.8) is 0 Å². The summed E-state index contributed by atoms with van der Waals surface area (Å²) < 4.78 is 26.7. The minimum absolute atomic E-state index is 0.145. The molecule has 0 aliphatic heterocycles. The van der Waals surface area contributed by atoms with Crippen molar-refractivity contribution >= 4 is 25.7 Å². The molecule has 0 rings (SSSR count). The molecule has 4 N–H and O–H groups in total. The summed E-state index contributed by atoms with van der Waals surface area (Å²) >= 11 is 0. The average molecular weight is 774 g/mol. The topological polar surface area (TPSA) is 169 Å². The Labute approximate surface area is 321 Å². The van der Waals surface area contributed by atoms with Crippen LogP contribution in [0.4, 0.5) is 0 Å². The molecule has 3 atom stereocenters. The molecular weight excluding hydrogens is 697 g/mol. The highest BCUT2D eigenvalue weighted by Gasteiger charge is 2.28. The number of carbonyl (C=O) groups excluding carboxylic acids is 2. The first-order valence-electron chi connectivity index (χ1n) is 20.9. The molecule has 12 heteroatoms. The Morgan fingerprint density at radius 2 is 1.04 bits per heavy atom. The Bertz CT molecular complexity index is 1010. The number of carbonyl (C=O) groups is 3. The second-order valence-electron chi connectivity index (χ2n) is 14.2. The first-order valence-corrected chi connectivity index (χ1v) is 22.4. The standard InChI is InChI=1S/C41H76NO10P/c1-3-5-7-9-11-13-14-15-16-17-18-19-20-21-22-23-24-25-26-28-30-32-39(44)42-38(41(46)47)36-52-53(48,49)51-35-37(43)34-50-40(45)33-31-29-27-12-10-8-6-4-2/h11,13,15-16,37-38,43H,3-10,12,14,17-36H2,1-2H3,(H,42,44)(H,46,47)(H,48,49)/b13-11-,16-15-. The number of allylic oxidation sites excluding steroid dienone is 4. The molecule has 53 heavy (non-hydrogen) atoms. The maximum absolute atomic E-state index is 12.3. The van der Waals surface area contributed by atoms with Crippen LogP contribution in [0.5, 0.6) is 0 Å². The van der Waals surface area contributed by atoms with Crippen molar-refractivity contribution in [3.8, 4) is 0 Å². The van der Waals surface area contributed by atoms with Gasteiger partial charge in [-0.15, -0.1) is 0 Å². The summed E-state index contributed by atoms with van der Waals surface area (Å²) in [6, 6.07) is -1.54. The van der Waals surface area contributed by atoms with E-state index in [4.69, 9.17) is 13.8 Å². The Morgan fingerprint density at radius 3 is 1.57 bits per heavy atom. The van der Waals surface area contributed by atoms with Gasteiger partial charge in [-0.05, 0) is 44.9 Å². The lowest BCUT2D eigenvalue weighted by Gasteiger charge is -2.18. The average Bonchev–Trinajstić information content (AvgIpc) is 3.13. The maximum atomic E-state index is 12.3. The minimum atomic E-state index is -4.75. The predicted molar refractivity (Wildman–Crippen MR) is 213 cm³/mol. The van der Waals surface area contributed by atoms with Crippen LogP contribution in [0.1, 0.15) is 187 Å². The van der Waals surface area contributed by atoms with Crippen molar-refractivity contribution in [1.82, 2.24) is 5.32 Å². The molecule has 0 aromatic rings. The van der Waals surface area contributed by atoms with E-state index in [2.05, 4.69) is 43.5 Å². The summed E-state index contributed by atoms with van der Waals surface area (Å²) in [5.74, 6) is -2.37. The third kappa shape index (κ3) is 36.7. The number of aliphatic carboxylic acids is 1. The fourth-order valence-corrected chi connectivity index (χ4v) is 6.47. The van der Waals surface area contributed by atoms with E-state index in [1.807, 2.05) is 0 Å². The van der Waals surface area contributed by atoms with E-state index in [9.17, 15) is 34.1 Å². The first-order chi connectivity index (χ1) is 25.6. The molecular formula is C41H76NO10P. The van der Waals surface area contributed by atoms with Gasteiger partial charge in [-0.1, -0.05) is 154 Å². The van der Waals surface area contributed by atoms with Gasteiger partial charge in [0.05, 0.1) is 13.2 Å². The highest BCUT2D eigenvalue weighted by Crippen LogP contribution is 2.43. The van der Waals surface area contributed by atoms with Crippen LogP contribution in [0.25, 0.3) is 0 Å². The first kappa shape index (κ1) is 51.0. The molecule has 0 heterocycles. The number of amides is 1. The lowest BCUT2D eigenvalue weighted by molar-refractivity contribution is -0.147. The number of esters is 1. The summed E-state index contributed by atoms with van der Waals surface area (Å²) in [4.78, 5) is 45.7. The molecule has 3 unspecified atom stereocenters. The van der Waals surface area contributed by atoms with Crippen molar-refractivity contribution in [2.24, 2.45) is 0 Å². The Kier molecular flexibility index (Phi) is 35.5. The zero-order valence-corrected chi connectivity index (χ0v) is 34.2. The van der Waals surface area contributed by atoms with E-state index in [1.165, 1.54) is 103 Å². The number of hydrogen-bond acceptors (Lipinski definition) is 8. The predicted octanol–water partition coefficient (Wildman–Crippen LogP) is 10.3. The fourth-order valence-electron chi connectivity index (χ4n) is 5.70. The van der Waals surface area contributed by atoms with Crippen LogP contribution in [-0.4, -0.2) is 64.9 Å². The molecule has 11 nitrogen and oxygen atoms in total. The number of nitrogens with one attached hydrogen (secondary N) is 1. The lowest BCUT2D eigenvalue weighted by Crippen LogP contribution is -2.43. The van der Waals surface area contributed by atoms with Gasteiger partial charge in [0.15, 0.2) is 6.04 Å². The number of carboxylic acid groups (broad SMARTS) is 1. The van der Waals surface area contributed by atoms with Crippen LogP contribution >= 0.6 is 7.82 Å². The maximum Gasteiger partial charge on any atom is 0.472 e. The van der Waals surface area contributed by atoms with Gasteiger partial charge in [0, 0.05) is 12.8 Å². The van der Waals surface area contributed by atoms with E-state index in [1.54, 1.807) is 0 Å². The summed E-state index contributed by atoms with van der Waals surface area (Å²) in [5.41, 5.74) is 0. The molecule has 0 aromatic heterocycles. The van der Waals surface area contributed by atoms with E-state index in [0.29, 0.717) is 12.8 Å². The zero-order chi connectivity index (χ0) is 39.3. The van der Waals surface area contributed by atoms with Crippen molar-refractivity contribution in [2.45, 2.75) is 199 Å². The smallest absolute Gasteiger partial charge is 0.472 e. The monoisotopic (exact) mass is 774 g/mol. The Hall–Kier alpha value is -2.04. The van der Waals surface area contributed by atoms with Crippen molar-refractivity contribution in [1.29, 1.82) is 0 Å². The quantitative estimate of drug-likeness (QED) is 0.0204. The molecule has 0 bridgehead atoms. The van der Waals surface area contributed by atoms with Crippen LogP contribution < -0.4 is 5.32 Å². The van der Waals surface area contributed by atoms with Crippen molar-refractivity contribution < 1.29 is 47.8 Å². The van der Waals surface area contributed by atoms with E-state index >= 15 is 0 Å². The van der Waals surface area contributed by atoms with Crippen LogP contribution in [0.3, 0.4) is 0 Å². The third-order valence-electron chi connectivity index (χ3n) is 8.99. The molecule has 0 radical (unpaired) electrons. The molecule has 0 aromatic carbocycles. The zero-order valence-electron chi connectivity index (χ0n) is 33.3. The number of carboxylic acids is 1. The molecule has 0 saturated heterocycles. The van der Waals surface area contributed by atoms with Gasteiger partial charge in [-0.2, -0.15) is 0 Å². The van der Waals surface area contributed by atoms with Gasteiger partial charge >= 0.3 is 19.8 Å². The Morgan fingerprint density at radius 1 is 0.604 bits per heavy atom. The van der Waals surface area contributed by atoms with Crippen LogP contribution in [0.2, 0.25) is 0 Å². The normalized spacial score (nSPS) is 14.0. The second-order valence-corrected chi connectivity index (χ2v) is 15.6.